The Kier molecular flexibility index (Phi) is 4.48. The van der Waals surface area contributed by atoms with Gasteiger partial charge in [-0.1, -0.05) is 0 Å². The smallest absolute Gasteiger partial charge is 0.349 e. The van der Waals surface area contributed by atoms with Crippen LogP contribution in [0.25, 0.3) is 0 Å². The second kappa shape index (κ2) is 5.80. The molecule has 0 bridgehead atoms. The Hall–Kier alpha value is -0.960. The average molecular weight is 318 g/mol. The number of thiophene rings is 1. The minimum atomic E-state index is -3.67. The number of nitrogens with one attached hydrogen (secondary N) is 1. The summed E-state index contributed by atoms with van der Waals surface area (Å²) in [5.74, 6) is -0.607. The van der Waals surface area contributed by atoms with Crippen molar-refractivity contribution in [1.29, 1.82) is 0 Å². The highest BCUT2D eigenvalue weighted by atomic mass is 32.2. The second-order valence-corrected chi connectivity index (χ2v) is 7.54. The fourth-order valence-electron chi connectivity index (χ4n) is 2.23. The van der Waals surface area contributed by atoms with Gasteiger partial charge in [-0.05, 0) is 24.8 Å². The number of sulfonamides is 1. The quantitative estimate of drug-likeness (QED) is 0.835. The zero-order chi connectivity index (χ0) is 14.9. The molecule has 1 saturated heterocycles. The standard InChI is InChI=1S/C12H18N2O4S2/c1-8-7-19-10(12(15)18-3)11(8)20(16,17)14-5-4-13-9(2)6-14/h7,9,13H,4-6H2,1-3H3/t9-/m1/s1. The fourth-order valence-corrected chi connectivity index (χ4v) is 5.42. The molecule has 0 saturated carbocycles. The third kappa shape index (κ3) is 2.73. The molecule has 20 heavy (non-hydrogen) atoms. The van der Waals surface area contributed by atoms with Crippen LogP contribution < -0.4 is 5.32 Å². The summed E-state index contributed by atoms with van der Waals surface area (Å²) in [5, 5.41) is 4.87. The highest BCUT2D eigenvalue weighted by Crippen LogP contribution is 2.30. The molecule has 112 valence electrons. The first-order chi connectivity index (χ1) is 9.37. The van der Waals surface area contributed by atoms with E-state index in [4.69, 9.17) is 0 Å². The highest BCUT2D eigenvalue weighted by molar-refractivity contribution is 7.89. The van der Waals surface area contributed by atoms with Crippen LogP contribution in [0.1, 0.15) is 22.2 Å². The topological polar surface area (TPSA) is 75.7 Å². The van der Waals surface area contributed by atoms with Crippen LogP contribution in [0.5, 0.6) is 0 Å². The largest absolute Gasteiger partial charge is 0.465 e. The summed E-state index contributed by atoms with van der Waals surface area (Å²) in [4.78, 5) is 12.0. The Morgan fingerprint density at radius 2 is 2.25 bits per heavy atom. The summed E-state index contributed by atoms with van der Waals surface area (Å²) in [5.41, 5.74) is 0.585. The van der Waals surface area contributed by atoms with Crippen LogP contribution in [0, 0.1) is 6.92 Å². The number of carbonyl (C=O) groups is 1. The zero-order valence-electron chi connectivity index (χ0n) is 11.7. The molecule has 0 amide bonds. The van der Waals surface area contributed by atoms with Crippen molar-refractivity contribution in [3.63, 3.8) is 0 Å². The van der Waals surface area contributed by atoms with Crippen molar-refractivity contribution in [3.05, 3.63) is 15.8 Å². The van der Waals surface area contributed by atoms with E-state index in [2.05, 4.69) is 10.1 Å². The van der Waals surface area contributed by atoms with E-state index in [1.165, 1.54) is 11.4 Å². The molecule has 0 aromatic carbocycles. The van der Waals surface area contributed by atoms with Crippen LogP contribution in [0.3, 0.4) is 0 Å². The summed E-state index contributed by atoms with van der Waals surface area (Å²) in [6.45, 7) is 5.04. The number of ether oxygens (including phenoxy) is 1. The number of esters is 1. The van der Waals surface area contributed by atoms with Crippen LogP contribution in [0.4, 0.5) is 0 Å². The predicted octanol–water partition coefficient (Wildman–Crippen LogP) is 0.826. The molecule has 1 N–H and O–H groups in total. The lowest BCUT2D eigenvalue weighted by Crippen LogP contribution is -2.51. The van der Waals surface area contributed by atoms with Gasteiger partial charge in [0.25, 0.3) is 0 Å². The molecule has 6 nitrogen and oxygen atoms in total. The van der Waals surface area contributed by atoms with E-state index in [9.17, 15) is 13.2 Å². The molecule has 1 aliphatic rings. The molecule has 1 aromatic rings. The van der Waals surface area contributed by atoms with Gasteiger partial charge in [-0.3, -0.25) is 0 Å². The molecule has 1 aromatic heterocycles. The van der Waals surface area contributed by atoms with Gasteiger partial charge in [0.1, 0.15) is 9.77 Å². The van der Waals surface area contributed by atoms with Crippen molar-refractivity contribution in [1.82, 2.24) is 9.62 Å². The SMILES string of the molecule is COC(=O)c1scc(C)c1S(=O)(=O)N1CCN[C@H](C)C1. The first kappa shape index (κ1) is 15.4. The normalized spacial score (nSPS) is 20.9. The highest BCUT2D eigenvalue weighted by Gasteiger charge is 2.34. The molecular weight excluding hydrogens is 300 g/mol. The Morgan fingerprint density at radius 1 is 1.55 bits per heavy atom. The Morgan fingerprint density at radius 3 is 2.85 bits per heavy atom. The molecule has 1 fully saturated rings. The molecule has 8 heteroatoms. The van der Waals surface area contributed by atoms with Crippen molar-refractivity contribution in [2.24, 2.45) is 0 Å². The third-order valence-corrected chi connectivity index (χ3v) is 6.48. The van der Waals surface area contributed by atoms with E-state index in [0.717, 1.165) is 11.3 Å². The average Bonchev–Trinajstić information content (AvgIpc) is 2.80. The van der Waals surface area contributed by atoms with Crippen molar-refractivity contribution < 1.29 is 17.9 Å². The number of piperazine rings is 1. The maximum absolute atomic E-state index is 12.8. The second-order valence-electron chi connectivity index (χ2n) is 4.79. The number of rotatable bonds is 3. The van der Waals surface area contributed by atoms with Crippen LogP contribution in [-0.4, -0.2) is 51.5 Å². The van der Waals surface area contributed by atoms with Crippen LogP contribution in [0.2, 0.25) is 0 Å². The summed E-state index contributed by atoms with van der Waals surface area (Å²) < 4.78 is 31.6. The molecular formula is C12H18N2O4S2. The third-order valence-electron chi connectivity index (χ3n) is 3.22. The van der Waals surface area contributed by atoms with E-state index < -0.39 is 16.0 Å². The van der Waals surface area contributed by atoms with Crippen LogP contribution in [-0.2, 0) is 14.8 Å². The summed E-state index contributed by atoms with van der Waals surface area (Å²) >= 11 is 1.10. The molecule has 1 atom stereocenters. The van der Waals surface area contributed by atoms with Gasteiger partial charge in [-0.15, -0.1) is 11.3 Å². The summed E-state index contributed by atoms with van der Waals surface area (Å²) in [6.07, 6.45) is 0. The number of carbonyl (C=O) groups excluding carboxylic acids is 1. The predicted molar refractivity (Wildman–Crippen MR) is 76.6 cm³/mol. The number of methoxy groups -OCH3 is 1. The molecule has 1 aliphatic heterocycles. The summed E-state index contributed by atoms with van der Waals surface area (Å²) in [6, 6.07) is 0.0963. The first-order valence-electron chi connectivity index (χ1n) is 6.28. The minimum absolute atomic E-state index is 0.0865. The summed E-state index contributed by atoms with van der Waals surface area (Å²) in [7, 11) is -2.41. The van der Waals surface area contributed by atoms with Crippen LogP contribution in [0.15, 0.2) is 10.3 Å². The Bertz CT molecular complexity index is 609. The number of hydrogen-bond acceptors (Lipinski definition) is 6. The molecule has 2 rings (SSSR count). The van der Waals surface area contributed by atoms with Crippen molar-refractivity contribution in [2.45, 2.75) is 24.8 Å². The number of aryl methyl sites for hydroxylation is 1. The lowest BCUT2D eigenvalue weighted by Gasteiger charge is -2.31. The van der Waals surface area contributed by atoms with Crippen molar-refractivity contribution >= 4 is 27.3 Å². The maximum Gasteiger partial charge on any atom is 0.349 e. The van der Waals surface area contributed by atoms with E-state index >= 15 is 0 Å². The number of hydrogen-bond donors (Lipinski definition) is 1. The van der Waals surface area contributed by atoms with Gasteiger partial charge >= 0.3 is 5.97 Å². The van der Waals surface area contributed by atoms with E-state index in [0.29, 0.717) is 25.2 Å². The maximum atomic E-state index is 12.8. The van der Waals surface area contributed by atoms with Crippen LogP contribution >= 0.6 is 11.3 Å². The van der Waals surface area contributed by atoms with Gasteiger partial charge in [-0.2, -0.15) is 4.31 Å². The van der Waals surface area contributed by atoms with Crippen molar-refractivity contribution in [3.8, 4) is 0 Å². The minimum Gasteiger partial charge on any atom is -0.465 e. The number of nitrogens with zero attached hydrogens (tertiary/aromatic N) is 1. The van der Waals surface area contributed by atoms with Gasteiger partial charge in [-0.25, -0.2) is 13.2 Å². The van der Waals surface area contributed by atoms with Gasteiger partial charge in [0.15, 0.2) is 0 Å². The van der Waals surface area contributed by atoms with Gasteiger partial charge in [0.2, 0.25) is 10.0 Å². The fraction of sp³-hybridized carbons (Fsp3) is 0.583. The van der Waals surface area contributed by atoms with E-state index in [1.807, 2.05) is 6.92 Å². The first-order valence-corrected chi connectivity index (χ1v) is 8.60. The van der Waals surface area contributed by atoms with Gasteiger partial charge in [0, 0.05) is 25.7 Å². The molecule has 2 heterocycles. The van der Waals surface area contributed by atoms with Crippen molar-refractivity contribution in [2.75, 3.05) is 26.7 Å². The van der Waals surface area contributed by atoms with E-state index in [1.54, 1.807) is 12.3 Å². The molecule has 0 radical (unpaired) electrons. The Labute approximate surface area is 122 Å². The van der Waals surface area contributed by atoms with Gasteiger partial charge in [0.05, 0.1) is 7.11 Å². The monoisotopic (exact) mass is 318 g/mol. The molecule has 0 spiro atoms. The zero-order valence-corrected chi connectivity index (χ0v) is 13.3. The lowest BCUT2D eigenvalue weighted by atomic mass is 10.3. The molecule has 0 aliphatic carbocycles. The van der Waals surface area contributed by atoms with E-state index in [-0.39, 0.29) is 15.8 Å². The van der Waals surface area contributed by atoms with Gasteiger partial charge < -0.3 is 10.1 Å². The Balaban J connectivity index is 2.44. The molecule has 0 unspecified atom stereocenters. The lowest BCUT2D eigenvalue weighted by molar-refractivity contribution is 0.0602.